The molecule has 1 aliphatic heterocycles. The summed E-state index contributed by atoms with van der Waals surface area (Å²) >= 11 is 5.21. The Kier molecular flexibility index (Phi) is 4.66. The molecule has 0 atom stereocenters. The van der Waals surface area contributed by atoms with Gasteiger partial charge in [-0.15, -0.1) is 11.3 Å². The Balaban J connectivity index is 1.92. The van der Waals surface area contributed by atoms with Gasteiger partial charge in [-0.25, -0.2) is 13.1 Å². The number of thiophene rings is 1. The van der Waals surface area contributed by atoms with Crippen LogP contribution >= 0.6 is 39.0 Å². The van der Waals surface area contributed by atoms with Crippen LogP contribution in [0.2, 0.25) is 0 Å². The molecule has 0 saturated carbocycles. The largest absolute Gasteiger partial charge is 0.288 e. The van der Waals surface area contributed by atoms with E-state index in [9.17, 15) is 18.0 Å². The van der Waals surface area contributed by atoms with E-state index in [1.165, 1.54) is 6.07 Å². The number of nitrogens with zero attached hydrogens (tertiary/aromatic N) is 1. The molecule has 0 unspecified atom stereocenters. The Hall–Kier alpha value is -0.420. The van der Waals surface area contributed by atoms with Crippen molar-refractivity contribution < 1.29 is 18.0 Å². The maximum Gasteiger partial charge on any atom is 0.288 e. The van der Waals surface area contributed by atoms with Gasteiger partial charge < -0.3 is 0 Å². The summed E-state index contributed by atoms with van der Waals surface area (Å²) in [6, 6.07) is 3.13. The number of hydrogen-bond donors (Lipinski definition) is 1. The van der Waals surface area contributed by atoms with E-state index in [0.29, 0.717) is 3.79 Å². The molecule has 0 aliphatic carbocycles. The van der Waals surface area contributed by atoms with E-state index in [1.54, 1.807) is 6.07 Å². The second-order valence-corrected chi connectivity index (χ2v) is 8.94. The van der Waals surface area contributed by atoms with E-state index in [2.05, 4.69) is 20.7 Å². The molecule has 1 fully saturated rings. The fraction of sp³-hybridized carbons (Fsp3) is 0.333. The maximum atomic E-state index is 11.9. The van der Waals surface area contributed by atoms with Gasteiger partial charge in [-0.1, -0.05) is 11.8 Å². The smallest absolute Gasteiger partial charge is 0.273 e. The zero-order valence-corrected chi connectivity index (χ0v) is 13.5. The van der Waals surface area contributed by atoms with Crippen molar-refractivity contribution in [1.29, 1.82) is 0 Å². The molecule has 0 aromatic carbocycles. The van der Waals surface area contributed by atoms with Crippen molar-refractivity contribution in [2.24, 2.45) is 0 Å². The van der Waals surface area contributed by atoms with Crippen molar-refractivity contribution in [2.45, 2.75) is 4.21 Å². The van der Waals surface area contributed by atoms with Gasteiger partial charge in [-0.2, -0.15) is 0 Å². The van der Waals surface area contributed by atoms with E-state index >= 15 is 0 Å². The molecule has 1 aliphatic rings. The Morgan fingerprint density at radius 3 is 2.63 bits per heavy atom. The number of carbonyl (C=O) groups excluding carboxylic acids is 2. The topological polar surface area (TPSA) is 83.6 Å². The molecular weight excluding hydrogens is 376 g/mol. The lowest BCUT2D eigenvalue weighted by atomic mass is 10.5. The summed E-state index contributed by atoms with van der Waals surface area (Å²) in [4.78, 5) is 23.7. The zero-order chi connectivity index (χ0) is 14.0. The summed E-state index contributed by atoms with van der Waals surface area (Å²) in [5.74, 6) is -0.156. The Morgan fingerprint density at radius 2 is 2.11 bits per heavy atom. The molecule has 2 heterocycles. The first-order chi connectivity index (χ1) is 8.90. The minimum atomic E-state index is -3.58. The summed E-state index contributed by atoms with van der Waals surface area (Å²) in [5.41, 5.74) is 0. The molecule has 10 heteroatoms. The number of nitrogens with one attached hydrogen (secondary N) is 1. The molecule has 1 aromatic rings. The summed E-state index contributed by atoms with van der Waals surface area (Å²) in [6.07, 6.45) is 0. The average molecular weight is 385 g/mol. The minimum Gasteiger partial charge on any atom is -0.273 e. The highest BCUT2D eigenvalue weighted by atomic mass is 79.9. The Labute approximate surface area is 126 Å². The van der Waals surface area contributed by atoms with E-state index in [1.807, 2.05) is 0 Å². The van der Waals surface area contributed by atoms with Crippen LogP contribution in [0.4, 0.5) is 4.79 Å². The first-order valence-electron chi connectivity index (χ1n) is 5.12. The van der Waals surface area contributed by atoms with Crippen LogP contribution < -0.4 is 4.72 Å². The quantitative estimate of drug-likeness (QED) is 0.830. The number of carbonyl (C=O) groups is 2. The van der Waals surface area contributed by atoms with E-state index in [4.69, 9.17) is 0 Å². The van der Waals surface area contributed by atoms with Crippen LogP contribution in [0.5, 0.6) is 0 Å². The fourth-order valence-corrected chi connectivity index (χ4v) is 5.23. The third-order valence-corrected chi connectivity index (χ3v) is 6.72. The van der Waals surface area contributed by atoms with Gasteiger partial charge in [0.2, 0.25) is 15.9 Å². The summed E-state index contributed by atoms with van der Waals surface area (Å²) in [7, 11) is -3.58. The van der Waals surface area contributed by atoms with E-state index < -0.39 is 10.0 Å². The molecule has 104 valence electrons. The number of imide groups is 1. The monoisotopic (exact) mass is 384 g/mol. The molecule has 0 spiro atoms. The van der Waals surface area contributed by atoms with Crippen LogP contribution in [-0.4, -0.2) is 43.3 Å². The number of thioether (sulfide) groups is 1. The third-order valence-electron chi connectivity index (χ3n) is 2.28. The van der Waals surface area contributed by atoms with Gasteiger partial charge >= 0.3 is 0 Å². The Morgan fingerprint density at radius 1 is 1.37 bits per heavy atom. The number of sulfonamides is 1. The zero-order valence-electron chi connectivity index (χ0n) is 9.46. The minimum absolute atomic E-state index is 0.00981. The lowest BCUT2D eigenvalue weighted by Crippen LogP contribution is -2.37. The summed E-state index contributed by atoms with van der Waals surface area (Å²) in [5, 5.41) is -0.330. The van der Waals surface area contributed by atoms with Gasteiger partial charge in [0, 0.05) is 13.1 Å². The lowest BCUT2D eigenvalue weighted by molar-refractivity contribution is -0.124. The number of hydrogen-bond acceptors (Lipinski definition) is 6. The van der Waals surface area contributed by atoms with Gasteiger partial charge in [0.05, 0.1) is 9.54 Å². The van der Waals surface area contributed by atoms with Crippen LogP contribution in [-0.2, 0) is 14.8 Å². The fourth-order valence-electron chi connectivity index (χ4n) is 1.40. The highest BCUT2D eigenvalue weighted by Crippen LogP contribution is 2.25. The molecule has 0 radical (unpaired) electrons. The third kappa shape index (κ3) is 3.57. The van der Waals surface area contributed by atoms with Crippen molar-refractivity contribution in [2.75, 3.05) is 18.8 Å². The van der Waals surface area contributed by atoms with Crippen molar-refractivity contribution in [3.63, 3.8) is 0 Å². The second kappa shape index (κ2) is 5.92. The van der Waals surface area contributed by atoms with Crippen molar-refractivity contribution in [3.8, 4) is 0 Å². The Bertz CT molecular complexity index is 597. The van der Waals surface area contributed by atoms with Crippen LogP contribution in [0, 0.1) is 0 Å². The molecular formula is C9H9BrN2O4S3. The van der Waals surface area contributed by atoms with Crippen LogP contribution in [0.1, 0.15) is 0 Å². The standard InChI is InChI=1S/C9H9BrN2O4S3/c10-6-1-2-8(18-6)19(15,16)11-3-4-12-7(13)5-17-9(12)14/h1-2,11H,3-5H2. The normalized spacial score (nSPS) is 16.4. The summed E-state index contributed by atoms with van der Waals surface area (Å²) in [6.45, 7) is 0.0618. The van der Waals surface area contributed by atoms with Crippen molar-refractivity contribution in [1.82, 2.24) is 9.62 Å². The maximum absolute atomic E-state index is 11.9. The van der Waals surface area contributed by atoms with Gasteiger partial charge in [0.1, 0.15) is 4.21 Å². The average Bonchev–Trinajstić information content (AvgIpc) is 2.90. The van der Waals surface area contributed by atoms with E-state index in [0.717, 1.165) is 28.0 Å². The highest BCUT2D eigenvalue weighted by molar-refractivity contribution is 9.11. The van der Waals surface area contributed by atoms with Gasteiger partial charge in [0.25, 0.3) is 5.24 Å². The lowest BCUT2D eigenvalue weighted by Gasteiger charge is -2.12. The predicted octanol–water partition coefficient (Wildman–Crippen LogP) is 1.48. The summed E-state index contributed by atoms with van der Waals surface area (Å²) < 4.78 is 27.0. The second-order valence-electron chi connectivity index (χ2n) is 3.56. The van der Waals surface area contributed by atoms with Crippen LogP contribution in [0.25, 0.3) is 0 Å². The molecule has 19 heavy (non-hydrogen) atoms. The molecule has 1 aromatic heterocycles. The first-order valence-corrected chi connectivity index (χ1v) is 9.20. The number of halogens is 1. The molecule has 1 saturated heterocycles. The molecule has 1 N–H and O–H groups in total. The first kappa shape index (κ1) is 15.0. The van der Waals surface area contributed by atoms with Crippen LogP contribution in [0.3, 0.4) is 0 Å². The highest BCUT2D eigenvalue weighted by Gasteiger charge is 2.29. The molecule has 0 bridgehead atoms. The SMILES string of the molecule is O=C1CSC(=O)N1CCNS(=O)(=O)c1ccc(Br)s1. The van der Waals surface area contributed by atoms with Gasteiger partial charge in [-0.05, 0) is 28.1 Å². The number of amides is 2. The van der Waals surface area contributed by atoms with Crippen LogP contribution in [0.15, 0.2) is 20.1 Å². The van der Waals surface area contributed by atoms with E-state index in [-0.39, 0.29) is 34.2 Å². The molecule has 2 rings (SSSR count). The van der Waals surface area contributed by atoms with Crippen molar-refractivity contribution in [3.05, 3.63) is 15.9 Å². The molecule has 2 amide bonds. The predicted molar refractivity (Wildman–Crippen MR) is 76.8 cm³/mol. The number of rotatable bonds is 5. The molecule has 6 nitrogen and oxygen atoms in total. The van der Waals surface area contributed by atoms with Gasteiger partial charge in [0.15, 0.2) is 0 Å². The van der Waals surface area contributed by atoms with Gasteiger partial charge in [-0.3, -0.25) is 14.5 Å². The van der Waals surface area contributed by atoms with Crippen molar-refractivity contribution >= 4 is 60.2 Å².